The third kappa shape index (κ3) is 5.23. The Labute approximate surface area is 229 Å². The summed E-state index contributed by atoms with van der Waals surface area (Å²) >= 11 is 0. The smallest absolute Gasteiger partial charge is 0.543 e. The van der Waals surface area contributed by atoms with Gasteiger partial charge in [-0.15, -0.1) is 0 Å². The number of nitrogens with one attached hydrogen (secondary N) is 1. The number of halogens is 3. The predicted octanol–water partition coefficient (Wildman–Crippen LogP) is 1.48. The van der Waals surface area contributed by atoms with E-state index in [2.05, 4.69) is 5.32 Å². The Morgan fingerprint density at radius 2 is 1.61 bits per heavy atom. The van der Waals surface area contributed by atoms with Crippen molar-refractivity contribution in [3.8, 4) is 11.1 Å². The number of carboxylic acid groups (broad SMARTS) is 1. The van der Waals surface area contributed by atoms with Crippen molar-refractivity contribution in [2.24, 2.45) is 7.05 Å². The molecule has 0 radical (unpaired) electrons. The zero-order valence-corrected chi connectivity index (χ0v) is 20.9. The van der Waals surface area contributed by atoms with Crippen molar-refractivity contribution < 1.29 is 79.3 Å². The number of fused-ring (bicyclic) bond motifs is 1. The number of carboxylic acids is 1. The first-order valence-electron chi connectivity index (χ1n) is 9.54. The van der Waals surface area contributed by atoms with E-state index in [1.165, 1.54) is 22.8 Å². The van der Waals surface area contributed by atoms with Crippen molar-refractivity contribution in [2.75, 3.05) is 5.32 Å². The monoisotopic (exact) mass is 476 g/mol. The maximum absolute atomic E-state index is 13.0. The minimum absolute atomic E-state index is 0. The average Bonchev–Trinajstić information content (AvgIpc) is 3.09. The molecule has 33 heavy (non-hydrogen) atoms. The van der Waals surface area contributed by atoms with Gasteiger partial charge in [-0.25, -0.2) is 0 Å². The fourth-order valence-electron chi connectivity index (χ4n) is 3.59. The van der Waals surface area contributed by atoms with Crippen molar-refractivity contribution >= 4 is 28.5 Å². The zero-order chi connectivity index (χ0) is 23.0. The number of hydrogen-bond acceptors (Lipinski definition) is 3. The summed E-state index contributed by atoms with van der Waals surface area (Å²) in [5.74, 6) is -1.75. The quantitative estimate of drug-likeness (QED) is 0.454. The van der Waals surface area contributed by atoms with Gasteiger partial charge in [0, 0.05) is 29.2 Å². The molecule has 0 aliphatic carbocycles. The number of alkyl halides is 3. The average molecular weight is 476 g/mol. The number of hydrogen-bond donors (Lipinski definition) is 1. The van der Waals surface area contributed by atoms with Gasteiger partial charge in [0.1, 0.15) is 0 Å². The normalized spacial score (nSPS) is 11.2. The number of aryl methyl sites for hydroxylation is 1. The molecule has 1 heterocycles. The fraction of sp³-hybridized carbons (Fsp3) is 0.0833. The van der Waals surface area contributed by atoms with Crippen LogP contribution < -0.4 is 61.8 Å². The van der Waals surface area contributed by atoms with Gasteiger partial charge in [-0.3, -0.25) is 4.79 Å². The summed E-state index contributed by atoms with van der Waals surface area (Å²) in [6.07, 6.45) is -4.44. The Morgan fingerprint density at radius 1 is 0.939 bits per heavy atom. The number of aromatic nitrogens is 1. The van der Waals surface area contributed by atoms with Crippen LogP contribution in [0.25, 0.3) is 22.0 Å². The van der Waals surface area contributed by atoms with Crippen LogP contribution in [0.15, 0.2) is 72.8 Å². The van der Waals surface area contributed by atoms with Crippen LogP contribution in [0.4, 0.5) is 18.9 Å². The number of rotatable bonds is 4. The number of benzene rings is 3. The molecular formula is C24H16F3KN2O3. The third-order valence-corrected chi connectivity index (χ3v) is 5.20. The Balaban J connectivity index is 0.00000306. The summed E-state index contributed by atoms with van der Waals surface area (Å²) in [6.45, 7) is 0. The van der Waals surface area contributed by atoms with Crippen LogP contribution in [-0.4, -0.2) is 16.4 Å². The predicted molar refractivity (Wildman–Crippen MR) is 112 cm³/mol. The maximum atomic E-state index is 13.0. The first-order valence-corrected chi connectivity index (χ1v) is 9.54. The molecule has 1 amide bonds. The van der Waals surface area contributed by atoms with Crippen molar-refractivity contribution in [2.45, 2.75) is 6.18 Å². The summed E-state index contributed by atoms with van der Waals surface area (Å²) in [5, 5.41) is 14.6. The van der Waals surface area contributed by atoms with Gasteiger partial charge < -0.3 is 19.8 Å². The molecule has 3 aromatic carbocycles. The van der Waals surface area contributed by atoms with Crippen LogP contribution >= 0.6 is 0 Å². The number of anilines is 1. The molecule has 5 nitrogen and oxygen atoms in total. The van der Waals surface area contributed by atoms with Crippen molar-refractivity contribution in [1.82, 2.24) is 4.57 Å². The molecule has 0 unspecified atom stereocenters. The third-order valence-electron chi connectivity index (χ3n) is 5.20. The second-order valence-corrected chi connectivity index (χ2v) is 7.22. The van der Waals surface area contributed by atoms with Crippen LogP contribution in [0.2, 0.25) is 0 Å². The molecular weight excluding hydrogens is 460 g/mol. The Morgan fingerprint density at radius 3 is 2.24 bits per heavy atom. The van der Waals surface area contributed by atoms with Gasteiger partial charge in [-0.1, -0.05) is 30.3 Å². The summed E-state index contributed by atoms with van der Waals surface area (Å²) in [7, 11) is 1.60. The molecule has 4 rings (SSSR count). The van der Waals surface area contributed by atoms with Crippen LogP contribution in [0.5, 0.6) is 0 Å². The molecule has 0 saturated carbocycles. The standard InChI is InChI=1S/C24H17F3N2O3.K/c1-29-20-11-10-17(12-15(20)13-21(29)23(31)32)28-22(30)19-5-3-2-4-18(19)14-6-8-16(9-7-14)24(25,26)27;/h2-13H,1H3,(H,28,30)(H,31,32);/q;+1/p-1. The zero-order valence-electron chi connectivity index (χ0n) is 17.7. The van der Waals surface area contributed by atoms with E-state index in [0.29, 0.717) is 27.7 Å². The van der Waals surface area contributed by atoms with E-state index in [4.69, 9.17) is 0 Å². The van der Waals surface area contributed by atoms with Crippen molar-refractivity contribution in [3.63, 3.8) is 0 Å². The maximum Gasteiger partial charge on any atom is 1.00 e. The van der Waals surface area contributed by atoms with Crippen LogP contribution in [-0.2, 0) is 13.2 Å². The summed E-state index contributed by atoms with van der Waals surface area (Å²) in [6, 6.07) is 17.6. The van der Waals surface area contributed by atoms with Crippen LogP contribution in [0.3, 0.4) is 0 Å². The molecule has 0 saturated heterocycles. The molecule has 0 aliphatic rings. The van der Waals surface area contributed by atoms with E-state index in [1.807, 2.05) is 0 Å². The minimum Gasteiger partial charge on any atom is -0.543 e. The van der Waals surface area contributed by atoms with Crippen LogP contribution in [0, 0.1) is 0 Å². The molecule has 0 bridgehead atoms. The van der Waals surface area contributed by atoms with E-state index in [-0.39, 0.29) is 62.6 Å². The molecule has 4 aromatic rings. The van der Waals surface area contributed by atoms with Gasteiger partial charge in [-0.05, 0) is 53.6 Å². The Hall–Kier alpha value is -2.43. The summed E-state index contributed by atoms with van der Waals surface area (Å²) in [5.41, 5.74) is 1.59. The van der Waals surface area contributed by atoms with Crippen molar-refractivity contribution in [1.29, 1.82) is 0 Å². The van der Waals surface area contributed by atoms with Crippen molar-refractivity contribution in [3.05, 3.63) is 89.6 Å². The molecule has 0 aliphatic heterocycles. The van der Waals surface area contributed by atoms with Gasteiger partial charge in [0.25, 0.3) is 5.91 Å². The van der Waals surface area contributed by atoms with Gasteiger partial charge in [-0.2, -0.15) is 13.2 Å². The molecule has 162 valence electrons. The Kier molecular flexibility index (Phi) is 7.50. The molecule has 0 atom stereocenters. The number of carbonyl (C=O) groups excluding carboxylic acids is 2. The number of aromatic carboxylic acids is 1. The summed E-state index contributed by atoms with van der Waals surface area (Å²) in [4.78, 5) is 24.2. The van der Waals surface area contributed by atoms with Crippen LogP contribution in [0.1, 0.15) is 26.4 Å². The second kappa shape index (κ2) is 9.82. The fourth-order valence-corrected chi connectivity index (χ4v) is 3.59. The first-order chi connectivity index (χ1) is 15.1. The largest absolute Gasteiger partial charge is 1.00 e. The van der Waals surface area contributed by atoms with E-state index < -0.39 is 23.6 Å². The number of amides is 1. The molecule has 1 N–H and O–H groups in total. The first kappa shape index (κ1) is 25.2. The number of nitrogens with zero attached hydrogens (tertiary/aromatic N) is 1. The van der Waals surface area contributed by atoms with E-state index in [1.54, 1.807) is 49.5 Å². The minimum atomic E-state index is -4.44. The Bertz CT molecular complexity index is 1350. The van der Waals surface area contributed by atoms with Gasteiger partial charge in [0.2, 0.25) is 0 Å². The molecule has 0 spiro atoms. The van der Waals surface area contributed by atoms with Gasteiger partial charge in [0.05, 0.1) is 17.2 Å². The topological polar surface area (TPSA) is 74.2 Å². The number of carbonyl (C=O) groups is 2. The van der Waals surface area contributed by atoms with E-state index in [0.717, 1.165) is 12.1 Å². The summed E-state index contributed by atoms with van der Waals surface area (Å²) < 4.78 is 40.0. The molecule has 9 heteroatoms. The molecule has 0 fully saturated rings. The van der Waals surface area contributed by atoms with Gasteiger partial charge in [0.15, 0.2) is 0 Å². The SMILES string of the molecule is Cn1c(C(=O)[O-])cc2cc(NC(=O)c3ccccc3-c3ccc(C(F)(F)F)cc3)ccc21.[K+]. The second-order valence-electron chi connectivity index (χ2n) is 7.22. The molecule has 1 aromatic heterocycles. The van der Waals surface area contributed by atoms with Gasteiger partial charge >= 0.3 is 57.6 Å². The van der Waals surface area contributed by atoms with E-state index >= 15 is 0 Å². The van der Waals surface area contributed by atoms with E-state index in [9.17, 15) is 27.9 Å².